The zero-order valence-electron chi connectivity index (χ0n) is 23.4. The summed E-state index contributed by atoms with van der Waals surface area (Å²) in [4.78, 5) is 8.72. The first-order valence-corrected chi connectivity index (χ1v) is 15.0. The van der Waals surface area contributed by atoms with Crippen molar-refractivity contribution in [1.82, 2.24) is 9.80 Å². The van der Waals surface area contributed by atoms with Crippen LogP contribution >= 0.6 is 24.0 Å². The summed E-state index contributed by atoms with van der Waals surface area (Å²) in [6, 6.07) is 9.28. The molecule has 0 aliphatic heterocycles. The molecule has 0 atom stereocenters. The van der Waals surface area contributed by atoms with Crippen LogP contribution in [-0.2, 0) is 18.9 Å². The molecule has 0 spiro atoms. The maximum atomic E-state index is 13.5. The van der Waals surface area contributed by atoms with E-state index in [0.717, 1.165) is 42.8 Å². The van der Waals surface area contributed by atoms with Gasteiger partial charge in [-0.3, -0.25) is 0 Å². The Kier molecular flexibility index (Phi) is 11.3. The molecule has 0 unspecified atom stereocenters. The summed E-state index contributed by atoms with van der Waals surface area (Å²) in [5.74, 6) is 1.15. The molecule has 2 aromatic rings. The van der Waals surface area contributed by atoms with Crippen LogP contribution in [-0.4, -0.2) is 45.8 Å². The molecule has 0 saturated heterocycles. The van der Waals surface area contributed by atoms with Gasteiger partial charge in [-0.1, -0.05) is 49.8 Å². The Balaban J connectivity index is 1.99. The number of alkyl halides is 6. The SMILES string of the molecule is C=C(CN(Cc1cc(C(F)(F)F)cc(C(F)(F)F)c1)C(=S)SC)/C(=N\c1ccccc1C)N(CC)CC1CCCC1. The second kappa shape index (κ2) is 14.1. The number of thioether (sulfide) groups is 1. The third kappa shape index (κ3) is 9.23. The summed E-state index contributed by atoms with van der Waals surface area (Å²) in [5, 5.41) is 0. The second-order valence-corrected chi connectivity index (χ2v) is 11.7. The van der Waals surface area contributed by atoms with Crippen LogP contribution in [0, 0.1) is 12.8 Å². The minimum absolute atomic E-state index is 0.0865. The van der Waals surface area contributed by atoms with E-state index in [2.05, 4.69) is 11.5 Å². The number of thiocarbonyl (C=S) groups is 1. The highest BCUT2D eigenvalue weighted by Gasteiger charge is 2.37. The highest BCUT2D eigenvalue weighted by molar-refractivity contribution is 8.22. The lowest BCUT2D eigenvalue weighted by Gasteiger charge is -2.32. The van der Waals surface area contributed by atoms with Crippen molar-refractivity contribution < 1.29 is 26.3 Å². The summed E-state index contributed by atoms with van der Waals surface area (Å²) >= 11 is 6.69. The van der Waals surface area contributed by atoms with Gasteiger partial charge in [0.05, 0.1) is 16.8 Å². The quantitative estimate of drug-likeness (QED) is 0.121. The molecule has 3 nitrogen and oxygen atoms in total. The van der Waals surface area contributed by atoms with Crippen molar-refractivity contribution in [3.05, 3.63) is 76.9 Å². The topological polar surface area (TPSA) is 18.8 Å². The van der Waals surface area contributed by atoms with Gasteiger partial charge in [0.25, 0.3) is 0 Å². The lowest BCUT2D eigenvalue weighted by atomic mass is 10.0. The number of aliphatic imine (C=N–C) groups is 1. The average Bonchev–Trinajstić information content (AvgIpc) is 3.42. The molecule has 2 aromatic carbocycles. The van der Waals surface area contributed by atoms with Gasteiger partial charge < -0.3 is 9.80 Å². The van der Waals surface area contributed by atoms with Gasteiger partial charge in [0.2, 0.25) is 0 Å². The van der Waals surface area contributed by atoms with Crippen LogP contribution in [0.2, 0.25) is 0 Å². The number of benzene rings is 2. The molecule has 0 bridgehead atoms. The van der Waals surface area contributed by atoms with Crippen molar-refractivity contribution in [2.45, 2.75) is 58.4 Å². The van der Waals surface area contributed by atoms with Gasteiger partial charge in [0.1, 0.15) is 10.2 Å². The van der Waals surface area contributed by atoms with Crippen molar-refractivity contribution in [2.24, 2.45) is 10.9 Å². The highest BCUT2D eigenvalue weighted by atomic mass is 32.2. The minimum atomic E-state index is -4.93. The molecule has 0 N–H and O–H groups in total. The van der Waals surface area contributed by atoms with Crippen LogP contribution in [0.25, 0.3) is 0 Å². The Morgan fingerprint density at radius 1 is 1.00 bits per heavy atom. The van der Waals surface area contributed by atoms with E-state index in [1.54, 1.807) is 11.2 Å². The van der Waals surface area contributed by atoms with Gasteiger partial charge in [0.15, 0.2) is 0 Å². The van der Waals surface area contributed by atoms with E-state index >= 15 is 0 Å². The Labute approximate surface area is 247 Å². The number of aryl methyl sites for hydroxylation is 1. The molecule has 11 heteroatoms. The van der Waals surface area contributed by atoms with Gasteiger partial charge in [-0.25, -0.2) is 4.99 Å². The predicted octanol–water partition coefficient (Wildman–Crippen LogP) is 9.28. The summed E-state index contributed by atoms with van der Waals surface area (Å²) < 4.78 is 81.3. The van der Waals surface area contributed by atoms with Crippen LogP contribution in [0.15, 0.2) is 59.6 Å². The normalized spacial score (nSPS) is 14.8. The van der Waals surface area contributed by atoms with Crippen LogP contribution in [0.3, 0.4) is 0 Å². The van der Waals surface area contributed by atoms with Crippen LogP contribution in [0.5, 0.6) is 0 Å². The average molecular weight is 616 g/mol. The molecule has 41 heavy (non-hydrogen) atoms. The molecule has 0 amide bonds. The maximum Gasteiger partial charge on any atom is 0.416 e. The maximum absolute atomic E-state index is 13.5. The van der Waals surface area contributed by atoms with Crippen LogP contribution in [0.4, 0.5) is 32.0 Å². The molecule has 1 aliphatic rings. The smallest absolute Gasteiger partial charge is 0.356 e. The molecule has 3 rings (SSSR count). The van der Waals surface area contributed by atoms with E-state index in [1.165, 1.54) is 24.6 Å². The summed E-state index contributed by atoms with van der Waals surface area (Å²) in [7, 11) is 0. The zero-order valence-corrected chi connectivity index (χ0v) is 25.0. The van der Waals surface area contributed by atoms with E-state index in [-0.39, 0.29) is 24.7 Å². The fraction of sp³-hybridized carbons (Fsp3) is 0.467. The molecule has 0 heterocycles. The highest BCUT2D eigenvalue weighted by Crippen LogP contribution is 2.37. The molecular weight excluding hydrogens is 580 g/mol. The van der Waals surface area contributed by atoms with Crippen LogP contribution < -0.4 is 0 Å². The van der Waals surface area contributed by atoms with Gasteiger partial charge >= 0.3 is 12.4 Å². The van der Waals surface area contributed by atoms with Crippen molar-refractivity contribution >= 4 is 39.8 Å². The molecule has 1 fully saturated rings. The fourth-order valence-electron chi connectivity index (χ4n) is 4.99. The molecule has 1 aliphatic carbocycles. The number of hydrogen-bond donors (Lipinski definition) is 0. The first-order valence-electron chi connectivity index (χ1n) is 13.4. The number of nitrogens with zero attached hydrogens (tertiary/aromatic N) is 3. The number of likely N-dealkylation sites (N-methyl/N-ethyl adjacent to an activating group) is 1. The molecule has 0 aromatic heterocycles. The van der Waals surface area contributed by atoms with Gasteiger partial charge in [-0.15, -0.1) is 11.8 Å². The molecular formula is C30H35F6N3S2. The molecule has 1 saturated carbocycles. The second-order valence-electron chi connectivity index (χ2n) is 10.3. The van der Waals surface area contributed by atoms with Crippen molar-refractivity contribution in [3.63, 3.8) is 0 Å². The lowest BCUT2D eigenvalue weighted by molar-refractivity contribution is -0.143. The van der Waals surface area contributed by atoms with Gasteiger partial charge in [-0.05, 0) is 74.3 Å². The summed E-state index contributed by atoms with van der Waals surface area (Å²) in [5.41, 5.74) is -0.548. The fourth-order valence-corrected chi connectivity index (χ4v) is 5.51. The largest absolute Gasteiger partial charge is 0.416 e. The summed E-state index contributed by atoms with van der Waals surface area (Å²) in [6.45, 7) is 9.56. The first-order chi connectivity index (χ1) is 19.2. The first kappa shape index (κ1) is 33.0. The number of para-hydroxylation sites is 1. The van der Waals surface area contributed by atoms with E-state index in [9.17, 15) is 26.3 Å². The van der Waals surface area contributed by atoms with E-state index in [1.807, 2.05) is 38.1 Å². The number of amidine groups is 1. The standard InChI is InChI=1S/C30H35F6N3S2/c1-5-38(18-22-11-7-8-12-22)27(37-26-13-9-6-10-20(26)2)21(3)17-39(28(40)41-4)19-23-14-24(29(31,32)33)16-25(15-23)30(34,35)36/h6,9-10,13-16,22H,3,5,7-8,11-12,17-19H2,1-2,4H3/b37-27+. The minimum Gasteiger partial charge on any atom is -0.356 e. The number of hydrogen-bond acceptors (Lipinski definition) is 3. The predicted molar refractivity (Wildman–Crippen MR) is 160 cm³/mol. The van der Waals surface area contributed by atoms with Crippen molar-refractivity contribution in [2.75, 3.05) is 25.9 Å². The Hall–Kier alpha value is -2.53. The Morgan fingerprint density at radius 2 is 1.59 bits per heavy atom. The van der Waals surface area contributed by atoms with E-state index < -0.39 is 23.5 Å². The lowest BCUT2D eigenvalue weighted by Crippen LogP contribution is -2.39. The van der Waals surface area contributed by atoms with E-state index in [0.29, 0.717) is 28.2 Å². The Bertz CT molecular complexity index is 1220. The van der Waals surface area contributed by atoms with E-state index in [4.69, 9.17) is 17.2 Å². The zero-order chi connectivity index (χ0) is 30.4. The van der Waals surface area contributed by atoms with Crippen molar-refractivity contribution in [1.29, 1.82) is 0 Å². The number of rotatable bonds is 9. The summed E-state index contributed by atoms with van der Waals surface area (Å²) in [6.07, 6.45) is -3.54. The van der Waals surface area contributed by atoms with Gasteiger partial charge in [0, 0.05) is 31.8 Å². The van der Waals surface area contributed by atoms with Gasteiger partial charge in [-0.2, -0.15) is 26.3 Å². The monoisotopic (exact) mass is 615 g/mol. The number of halogens is 6. The van der Waals surface area contributed by atoms with Crippen molar-refractivity contribution in [3.8, 4) is 0 Å². The Morgan fingerprint density at radius 3 is 2.10 bits per heavy atom. The third-order valence-corrected chi connectivity index (χ3v) is 8.49. The molecule has 224 valence electrons. The molecule has 0 radical (unpaired) electrons. The third-order valence-electron chi connectivity index (χ3n) is 7.13. The van der Waals surface area contributed by atoms with Crippen LogP contribution in [0.1, 0.15) is 54.9 Å².